The van der Waals surface area contributed by atoms with E-state index in [4.69, 9.17) is 14.2 Å². The Bertz CT molecular complexity index is 1720. The minimum absolute atomic E-state index is 0.102. The third-order valence-electron chi connectivity index (χ3n) is 14.2. The first-order chi connectivity index (χ1) is 40.0. The highest BCUT2D eigenvalue weighted by molar-refractivity contribution is 5.71. The summed E-state index contributed by atoms with van der Waals surface area (Å²) in [4.78, 5) is 38.3. The summed E-state index contributed by atoms with van der Waals surface area (Å²) in [6, 6.07) is 0. The molecule has 0 N–H and O–H groups in total. The molecule has 0 heterocycles. The van der Waals surface area contributed by atoms with Crippen molar-refractivity contribution in [2.24, 2.45) is 0 Å². The van der Waals surface area contributed by atoms with Crippen LogP contribution in [0.2, 0.25) is 0 Å². The van der Waals surface area contributed by atoms with Gasteiger partial charge in [0.25, 0.3) is 0 Å². The van der Waals surface area contributed by atoms with Crippen molar-refractivity contribution in [3.63, 3.8) is 0 Å². The predicted octanol–water partition coefficient (Wildman–Crippen LogP) is 23.3. The molecule has 0 rings (SSSR count). The van der Waals surface area contributed by atoms with Crippen molar-refractivity contribution in [2.45, 2.75) is 309 Å². The summed E-state index contributed by atoms with van der Waals surface area (Å²) in [5, 5.41) is 0. The van der Waals surface area contributed by atoms with E-state index in [0.717, 1.165) is 109 Å². The molecule has 81 heavy (non-hydrogen) atoms. The van der Waals surface area contributed by atoms with Gasteiger partial charge in [0.15, 0.2) is 6.10 Å². The lowest BCUT2D eigenvalue weighted by atomic mass is 10.0. The van der Waals surface area contributed by atoms with E-state index in [2.05, 4.69) is 148 Å². The molecule has 0 aromatic heterocycles. The Morgan fingerprint density at radius 2 is 0.506 bits per heavy atom. The number of carbonyl (C=O) groups is 3. The Hall–Kier alpha value is -4.45. The van der Waals surface area contributed by atoms with Crippen molar-refractivity contribution in [3.05, 3.63) is 134 Å². The number of hydrogen-bond acceptors (Lipinski definition) is 6. The van der Waals surface area contributed by atoms with E-state index in [0.29, 0.717) is 19.3 Å². The molecule has 0 saturated heterocycles. The molecule has 0 aliphatic heterocycles. The van der Waals surface area contributed by atoms with Crippen LogP contribution in [0.25, 0.3) is 0 Å². The lowest BCUT2D eigenvalue weighted by Gasteiger charge is -2.18. The second kappa shape index (κ2) is 68.1. The predicted molar refractivity (Wildman–Crippen MR) is 353 cm³/mol. The van der Waals surface area contributed by atoms with Gasteiger partial charge in [-0.3, -0.25) is 14.4 Å². The highest BCUT2D eigenvalue weighted by Crippen LogP contribution is 2.17. The number of ether oxygens (including phenoxy) is 3. The van der Waals surface area contributed by atoms with Gasteiger partial charge in [0.05, 0.1) is 0 Å². The van der Waals surface area contributed by atoms with Crippen LogP contribution in [0.3, 0.4) is 0 Å². The van der Waals surface area contributed by atoms with E-state index in [1.54, 1.807) is 0 Å². The van der Waals surface area contributed by atoms with Gasteiger partial charge in [-0.15, -0.1) is 0 Å². The van der Waals surface area contributed by atoms with Gasteiger partial charge >= 0.3 is 17.9 Å². The molecule has 0 radical (unpaired) electrons. The number of esters is 3. The number of unbranched alkanes of at least 4 members (excludes halogenated alkanes) is 27. The minimum atomic E-state index is -0.810. The zero-order chi connectivity index (χ0) is 58.5. The third kappa shape index (κ3) is 66.2. The summed E-state index contributed by atoms with van der Waals surface area (Å²) in [5.41, 5.74) is 0. The SMILES string of the molecule is CC/C=C\C/C=C\C/C=C\C/C=C\C/C=C\C/C=C\C/C=C\CCCCCCCCCCCCCC(=O)OCC(COC(=O)CC/C=C\C/C=C\C/C=C\C/C=C\CC)OC(=O)CCCCCCCCCCCCCCCCCCC. The van der Waals surface area contributed by atoms with E-state index in [-0.39, 0.29) is 37.5 Å². The summed E-state index contributed by atoms with van der Waals surface area (Å²) in [6.07, 6.45) is 96.3. The smallest absolute Gasteiger partial charge is 0.306 e. The van der Waals surface area contributed by atoms with Gasteiger partial charge < -0.3 is 14.2 Å². The zero-order valence-corrected chi connectivity index (χ0v) is 52.8. The molecule has 6 heteroatoms. The normalized spacial score (nSPS) is 13.0. The van der Waals surface area contributed by atoms with Crippen LogP contribution in [0.4, 0.5) is 0 Å². The maximum Gasteiger partial charge on any atom is 0.306 e. The van der Waals surface area contributed by atoms with Crippen LogP contribution in [0, 0.1) is 0 Å². The van der Waals surface area contributed by atoms with Crippen molar-refractivity contribution in [2.75, 3.05) is 13.2 Å². The summed E-state index contributed by atoms with van der Waals surface area (Å²) < 4.78 is 16.9. The maximum atomic E-state index is 12.9. The largest absolute Gasteiger partial charge is 0.462 e. The van der Waals surface area contributed by atoms with Crippen molar-refractivity contribution < 1.29 is 28.6 Å². The quantitative estimate of drug-likeness (QED) is 0.0261. The molecule has 0 aliphatic rings. The van der Waals surface area contributed by atoms with Crippen LogP contribution < -0.4 is 0 Å². The molecular weight excluding hydrogens is 997 g/mol. The molecule has 0 fully saturated rings. The highest BCUT2D eigenvalue weighted by Gasteiger charge is 2.19. The van der Waals surface area contributed by atoms with E-state index in [1.165, 1.54) is 148 Å². The monoisotopic (exact) mass is 1120 g/mol. The molecule has 0 aromatic carbocycles. The number of carbonyl (C=O) groups excluding carboxylic acids is 3. The lowest BCUT2D eigenvalue weighted by molar-refractivity contribution is -0.166. The molecule has 1 atom stereocenters. The number of rotatable bonds is 60. The second-order valence-corrected chi connectivity index (χ2v) is 22.0. The van der Waals surface area contributed by atoms with E-state index in [1.807, 2.05) is 6.08 Å². The summed E-state index contributed by atoms with van der Waals surface area (Å²) >= 11 is 0. The van der Waals surface area contributed by atoms with Crippen LogP contribution in [-0.2, 0) is 28.6 Å². The van der Waals surface area contributed by atoms with E-state index >= 15 is 0 Å². The summed E-state index contributed by atoms with van der Waals surface area (Å²) in [7, 11) is 0. The standard InChI is InChI=1S/C75H124O6/c1-4-7-10-13-16-19-22-25-27-29-30-31-32-33-34-35-36-37-38-39-40-41-42-43-44-46-47-50-53-56-59-62-65-68-74(77)80-71-72(70-79-73(76)67-64-61-58-55-52-49-24-21-18-15-12-9-6-3)81-75(78)69-66-63-60-57-54-51-48-45-28-26-23-20-17-14-11-8-5-2/h7,9-10,12,16,18-19,21,25,27,30-31,33-34,36-37,39-40,49,52,58,61,72H,4-6,8,11,13-15,17,20,22-24,26,28-29,32,35,38,41-48,50-51,53-57,59-60,62-71H2,1-3H3/b10-7-,12-9-,19-16-,21-18-,27-25-,31-30-,34-33-,37-36-,40-39-,52-49-,61-58-. The fourth-order valence-electron chi connectivity index (χ4n) is 9.20. The topological polar surface area (TPSA) is 78.9 Å². The lowest BCUT2D eigenvalue weighted by Crippen LogP contribution is -2.30. The average molecular weight is 1120 g/mol. The van der Waals surface area contributed by atoms with Gasteiger partial charge in [-0.1, -0.05) is 315 Å². The fraction of sp³-hybridized carbons (Fsp3) is 0.667. The molecule has 0 spiro atoms. The highest BCUT2D eigenvalue weighted by atomic mass is 16.6. The third-order valence-corrected chi connectivity index (χ3v) is 14.2. The van der Waals surface area contributed by atoms with Crippen LogP contribution in [0.1, 0.15) is 303 Å². The van der Waals surface area contributed by atoms with Crippen molar-refractivity contribution in [3.8, 4) is 0 Å². The molecule has 0 bridgehead atoms. The molecular formula is C75H124O6. The van der Waals surface area contributed by atoms with Crippen molar-refractivity contribution in [1.29, 1.82) is 0 Å². The zero-order valence-electron chi connectivity index (χ0n) is 52.8. The number of allylic oxidation sites excluding steroid dienone is 22. The Labute approximate surface area is 500 Å². The Morgan fingerprint density at radius 1 is 0.259 bits per heavy atom. The molecule has 0 aliphatic carbocycles. The van der Waals surface area contributed by atoms with Gasteiger partial charge in [-0.05, 0) is 103 Å². The first kappa shape index (κ1) is 76.5. The summed E-state index contributed by atoms with van der Waals surface area (Å²) in [6.45, 7) is 6.37. The molecule has 0 saturated carbocycles. The summed E-state index contributed by atoms with van der Waals surface area (Å²) in [5.74, 6) is -0.982. The van der Waals surface area contributed by atoms with E-state index < -0.39 is 6.10 Å². The van der Waals surface area contributed by atoms with Crippen molar-refractivity contribution in [1.82, 2.24) is 0 Å². The number of hydrogen-bond donors (Lipinski definition) is 0. The minimum Gasteiger partial charge on any atom is -0.462 e. The fourth-order valence-corrected chi connectivity index (χ4v) is 9.20. The van der Waals surface area contributed by atoms with Gasteiger partial charge in [0.2, 0.25) is 0 Å². The van der Waals surface area contributed by atoms with Crippen LogP contribution >= 0.6 is 0 Å². The molecule has 460 valence electrons. The van der Waals surface area contributed by atoms with Crippen LogP contribution in [0.5, 0.6) is 0 Å². The van der Waals surface area contributed by atoms with Gasteiger partial charge in [-0.2, -0.15) is 0 Å². The molecule has 6 nitrogen and oxygen atoms in total. The van der Waals surface area contributed by atoms with Crippen LogP contribution in [-0.4, -0.2) is 37.2 Å². The van der Waals surface area contributed by atoms with Gasteiger partial charge in [0, 0.05) is 19.3 Å². The molecule has 0 amide bonds. The molecule has 0 aromatic rings. The van der Waals surface area contributed by atoms with Crippen LogP contribution in [0.15, 0.2) is 134 Å². The average Bonchev–Trinajstić information content (AvgIpc) is 3.46. The van der Waals surface area contributed by atoms with E-state index in [9.17, 15) is 14.4 Å². The Balaban J connectivity index is 4.27. The maximum absolute atomic E-state index is 12.9. The second-order valence-electron chi connectivity index (χ2n) is 22.0. The Kier molecular flexibility index (Phi) is 64.3. The first-order valence-electron chi connectivity index (χ1n) is 33.7. The van der Waals surface area contributed by atoms with Gasteiger partial charge in [0.1, 0.15) is 13.2 Å². The molecule has 1 unspecified atom stereocenters. The first-order valence-corrected chi connectivity index (χ1v) is 33.7. The van der Waals surface area contributed by atoms with Gasteiger partial charge in [-0.25, -0.2) is 0 Å². The van der Waals surface area contributed by atoms with Crippen molar-refractivity contribution >= 4 is 17.9 Å². The Morgan fingerprint density at radius 3 is 0.827 bits per heavy atom.